The van der Waals surface area contributed by atoms with E-state index in [1.165, 1.54) is 24.9 Å². The van der Waals surface area contributed by atoms with Gasteiger partial charge in [-0.15, -0.1) is 0 Å². The van der Waals surface area contributed by atoms with Crippen LogP contribution in [0.4, 0.5) is 34.5 Å². The van der Waals surface area contributed by atoms with Crippen LogP contribution in [0, 0.1) is 0 Å². The molecule has 0 radical (unpaired) electrons. The van der Waals surface area contributed by atoms with Crippen LogP contribution >= 0.6 is 0 Å². The Morgan fingerprint density at radius 3 is 0.759 bits per heavy atom. The molecule has 0 spiro atoms. The SMILES string of the molecule is F[B-](F)(F)F.F[B-](F)(F)F.O/N=C/c1ccccn1.O/N=C/c1ccccn1.O/N=C/c1ccccn1.O/N=C/c1ccccn1.O=C([O-])CCC(=O)[O-].[Cd+2].[Cd+2].[OH3+].[OH3+]. The molecule has 0 saturated carbocycles. The van der Waals surface area contributed by atoms with Crippen molar-refractivity contribution in [3.63, 3.8) is 0 Å². The summed E-state index contributed by atoms with van der Waals surface area (Å²) in [4.78, 5) is 34.4. The van der Waals surface area contributed by atoms with Gasteiger partial charge in [-0.25, -0.2) is 0 Å². The molecule has 4 aromatic heterocycles. The normalized spacial score (nSPS) is 9.59. The fourth-order valence-corrected chi connectivity index (χ4v) is 2.25. The Bertz CT molecular complexity index is 1410. The Morgan fingerprint density at radius 2 is 0.655 bits per heavy atom. The Kier molecular flexibility index (Phi) is 51.7. The molecule has 0 amide bonds. The monoisotopic (exact) mass is 1040 g/mol. The summed E-state index contributed by atoms with van der Waals surface area (Å²) in [5.74, 6) is -2.73. The standard InChI is InChI=1S/4C6H6N2O.C4H6O4.2BF4.2Cd.2H2O/c4*9-8-5-6-3-1-2-4-7-6;5-3(6)1-2-4(7)8;2*2-1(3,4)5;;;;/h4*1-5,9H;1-2H2,(H,5,6)(H,7,8);;;;;2*1H2/q;;;;;2*-1;2*+2;;/b4*8-5+;;;;;;;. The van der Waals surface area contributed by atoms with Gasteiger partial charge in [0, 0.05) is 36.7 Å². The number of carbonyl (C=O) groups is 2. The van der Waals surface area contributed by atoms with E-state index in [0.717, 1.165) is 0 Å². The first kappa shape index (κ1) is 67.5. The van der Waals surface area contributed by atoms with E-state index in [9.17, 15) is 54.3 Å². The molecule has 0 saturated heterocycles. The van der Waals surface area contributed by atoms with E-state index in [1.54, 1.807) is 73.3 Å². The molecule has 0 aliphatic carbocycles. The molecule has 0 fully saturated rings. The van der Waals surface area contributed by atoms with E-state index in [1.807, 2.05) is 24.3 Å². The van der Waals surface area contributed by atoms with Gasteiger partial charge in [0.05, 0.1) is 47.6 Å². The molecule has 0 unspecified atom stereocenters. The molecule has 10 N–H and O–H groups in total. The first-order chi connectivity index (χ1) is 25.4. The predicted octanol–water partition coefficient (Wildman–Crippen LogP) is 1.58. The van der Waals surface area contributed by atoms with Crippen LogP contribution in [0.3, 0.4) is 0 Å². The minimum atomic E-state index is -6.00. The number of hydrogen-bond donors (Lipinski definition) is 4. The predicted molar refractivity (Wildman–Crippen MR) is 184 cm³/mol. The van der Waals surface area contributed by atoms with E-state index >= 15 is 0 Å². The number of rotatable bonds is 7. The number of pyridine rings is 4. The number of aliphatic carboxylic acids is 2. The van der Waals surface area contributed by atoms with Gasteiger partial charge in [-0.1, -0.05) is 44.9 Å². The number of carbonyl (C=O) groups excluding carboxylic acids is 2. The summed E-state index contributed by atoms with van der Waals surface area (Å²) in [6.07, 6.45) is 10.7. The van der Waals surface area contributed by atoms with Crippen LogP contribution < -0.4 is 10.2 Å². The van der Waals surface area contributed by atoms with E-state index < -0.39 is 39.3 Å². The Balaban J connectivity index is -0.000000105. The van der Waals surface area contributed by atoms with Gasteiger partial charge >= 0.3 is 69.1 Å². The third-order valence-electron chi connectivity index (χ3n) is 4.04. The molecule has 4 aromatic rings. The van der Waals surface area contributed by atoms with Crippen molar-refractivity contribution in [2.45, 2.75) is 12.8 Å². The summed E-state index contributed by atoms with van der Waals surface area (Å²) in [6.45, 7) is 0. The minimum Gasteiger partial charge on any atom is -0.550 e. The molecule has 18 nitrogen and oxygen atoms in total. The van der Waals surface area contributed by atoms with Gasteiger partial charge in [0.2, 0.25) is 0 Å². The van der Waals surface area contributed by atoms with E-state index in [-0.39, 0.29) is 65.5 Å². The van der Waals surface area contributed by atoms with Crippen molar-refractivity contribution in [1.29, 1.82) is 0 Å². The minimum absolute atomic E-state index is 0. The molecule has 0 aromatic carbocycles. The van der Waals surface area contributed by atoms with E-state index in [0.29, 0.717) is 22.8 Å². The van der Waals surface area contributed by atoms with Gasteiger partial charge in [0.1, 0.15) is 0 Å². The fourth-order valence-electron chi connectivity index (χ4n) is 2.25. The average Bonchev–Trinajstić information content (AvgIpc) is 3.10. The summed E-state index contributed by atoms with van der Waals surface area (Å²) < 4.78 is 78.0. The Hall–Kier alpha value is -5.25. The summed E-state index contributed by atoms with van der Waals surface area (Å²) in [5.41, 5.74) is 2.61. The number of halogens is 8. The van der Waals surface area contributed by atoms with Crippen molar-refractivity contribution in [1.82, 2.24) is 19.9 Å². The van der Waals surface area contributed by atoms with Crippen molar-refractivity contribution in [3.8, 4) is 0 Å². The third-order valence-corrected chi connectivity index (χ3v) is 4.04. The maximum Gasteiger partial charge on any atom is 2.00 e. The van der Waals surface area contributed by atoms with Crippen LogP contribution in [0.2, 0.25) is 0 Å². The van der Waals surface area contributed by atoms with Crippen molar-refractivity contribution in [3.05, 3.63) is 120 Å². The van der Waals surface area contributed by atoms with Crippen LogP contribution in [0.1, 0.15) is 35.6 Å². The van der Waals surface area contributed by atoms with Gasteiger partial charge in [0.25, 0.3) is 0 Å². The molecule has 310 valence electrons. The van der Waals surface area contributed by atoms with Gasteiger partial charge in [-0.3, -0.25) is 19.9 Å². The molecule has 0 aliphatic rings. The molecular weight excluding hydrogens is 1010 g/mol. The van der Waals surface area contributed by atoms with Crippen LogP contribution in [0.15, 0.2) is 118 Å². The number of carboxylic acids is 2. The second kappa shape index (κ2) is 44.5. The Labute approximate surface area is 363 Å². The van der Waals surface area contributed by atoms with E-state index in [2.05, 4.69) is 40.6 Å². The summed E-state index contributed by atoms with van der Waals surface area (Å²) >= 11 is 0. The van der Waals surface area contributed by atoms with Crippen molar-refractivity contribution < 1.29 is 141 Å². The maximum atomic E-state index is 9.75. The summed E-state index contributed by atoms with van der Waals surface area (Å²) in [6, 6.07) is 21.5. The average molecular weight is 1040 g/mol. The van der Waals surface area contributed by atoms with Crippen molar-refractivity contribution >= 4 is 51.3 Å². The van der Waals surface area contributed by atoms with Crippen molar-refractivity contribution in [2.24, 2.45) is 20.6 Å². The van der Waals surface area contributed by atoms with Gasteiger partial charge in [-0.2, -0.15) is 0 Å². The first-order valence-corrected chi connectivity index (χ1v) is 13.8. The number of hydrogen-bond acceptors (Lipinski definition) is 16. The quantitative estimate of drug-likeness (QED) is 0.0512. The van der Waals surface area contributed by atoms with Crippen molar-refractivity contribution in [2.75, 3.05) is 0 Å². The molecule has 58 heavy (non-hydrogen) atoms. The van der Waals surface area contributed by atoms with Gasteiger partial charge in [0.15, 0.2) is 0 Å². The van der Waals surface area contributed by atoms with Crippen LogP contribution in [-0.4, -0.2) is 92.1 Å². The molecular formula is C28H34B2Cd2F8N8O10+2. The second-order valence-electron chi connectivity index (χ2n) is 8.23. The van der Waals surface area contributed by atoms with E-state index in [4.69, 9.17) is 20.8 Å². The smallest absolute Gasteiger partial charge is 0.550 e. The molecule has 0 bridgehead atoms. The zero-order chi connectivity index (χ0) is 41.7. The van der Waals surface area contributed by atoms with Gasteiger partial charge in [-0.05, 0) is 61.4 Å². The zero-order valence-electron chi connectivity index (χ0n) is 29.7. The number of aromatic nitrogens is 4. The number of oxime groups is 4. The Morgan fingerprint density at radius 1 is 0.483 bits per heavy atom. The van der Waals surface area contributed by atoms with Crippen LogP contribution in [0.25, 0.3) is 0 Å². The summed E-state index contributed by atoms with van der Waals surface area (Å²) in [5, 5.41) is 62.5. The largest absolute Gasteiger partial charge is 2.00 e. The third kappa shape index (κ3) is 65.6. The summed E-state index contributed by atoms with van der Waals surface area (Å²) in [7, 11) is -12.0. The number of carboxylic acid groups (broad SMARTS) is 2. The second-order valence-corrected chi connectivity index (χ2v) is 8.23. The molecule has 0 aliphatic heterocycles. The topological polar surface area (TPSA) is 328 Å². The molecule has 0 atom stereocenters. The van der Waals surface area contributed by atoms with Crippen LogP contribution in [-0.2, 0) is 75.1 Å². The number of nitrogens with zero attached hydrogens (tertiary/aromatic N) is 8. The molecule has 30 heteroatoms. The molecule has 4 heterocycles. The maximum absolute atomic E-state index is 9.75. The first-order valence-electron chi connectivity index (χ1n) is 13.8. The molecule has 4 rings (SSSR count). The zero-order valence-corrected chi connectivity index (χ0v) is 37.8. The fraction of sp³-hybridized carbons (Fsp3) is 0.0714. The van der Waals surface area contributed by atoms with Crippen LogP contribution in [0.5, 0.6) is 0 Å². The van der Waals surface area contributed by atoms with Gasteiger partial charge < -0.3 is 86.1 Å².